The van der Waals surface area contributed by atoms with Crippen molar-refractivity contribution in [1.82, 2.24) is 10.2 Å². The monoisotopic (exact) mass is 357 g/mol. The van der Waals surface area contributed by atoms with Crippen molar-refractivity contribution in [3.63, 3.8) is 0 Å². The summed E-state index contributed by atoms with van der Waals surface area (Å²) in [7, 11) is 0. The highest BCUT2D eigenvalue weighted by molar-refractivity contribution is 5.77. The molecule has 0 unspecified atom stereocenters. The molecule has 1 aromatic carbocycles. The standard InChI is InChI=1S/C20H27N3O3/c21-14-17-5-4-6-18(13-17)26-15-19(24)22-16-20(7-2-1-3-8-20)23-9-11-25-12-10-23/h4-6,13H,1-3,7-12,15-16H2,(H,22,24). The normalized spacial score (nSPS) is 20.1. The van der Waals surface area contributed by atoms with E-state index in [1.165, 1.54) is 19.3 Å². The van der Waals surface area contributed by atoms with Gasteiger partial charge in [-0.1, -0.05) is 25.3 Å². The predicted octanol–water partition coefficient (Wildman–Crippen LogP) is 2.09. The van der Waals surface area contributed by atoms with Crippen molar-refractivity contribution < 1.29 is 14.3 Å². The SMILES string of the molecule is N#Cc1cccc(OCC(=O)NCC2(N3CCOCC3)CCCCC2)c1. The van der Waals surface area contributed by atoms with Crippen molar-refractivity contribution in [3.8, 4) is 11.8 Å². The van der Waals surface area contributed by atoms with Crippen LogP contribution in [0.4, 0.5) is 0 Å². The number of ether oxygens (including phenoxy) is 2. The largest absolute Gasteiger partial charge is 0.484 e. The fourth-order valence-electron chi connectivity index (χ4n) is 3.97. The molecule has 1 aliphatic heterocycles. The molecule has 1 aromatic rings. The summed E-state index contributed by atoms with van der Waals surface area (Å²) in [4.78, 5) is 14.8. The molecule has 2 aliphatic rings. The third kappa shape index (κ3) is 4.75. The molecular formula is C20H27N3O3. The Morgan fingerprint density at radius 1 is 1.27 bits per heavy atom. The summed E-state index contributed by atoms with van der Waals surface area (Å²) in [6.07, 6.45) is 5.95. The molecular weight excluding hydrogens is 330 g/mol. The van der Waals surface area contributed by atoms with Crippen LogP contribution in [0, 0.1) is 11.3 Å². The van der Waals surface area contributed by atoms with Gasteiger partial charge < -0.3 is 14.8 Å². The fourth-order valence-corrected chi connectivity index (χ4v) is 3.97. The second kappa shape index (κ2) is 9.02. The average Bonchev–Trinajstić information content (AvgIpc) is 2.72. The van der Waals surface area contributed by atoms with E-state index in [2.05, 4.69) is 16.3 Å². The van der Waals surface area contributed by atoms with Crippen LogP contribution in [-0.4, -0.2) is 55.8 Å². The first-order chi connectivity index (χ1) is 12.7. The topological polar surface area (TPSA) is 74.6 Å². The zero-order valence-corrected chi connectivity index (χ0v) is 15.2. The summed E-state index contributed by atoms with van der Waals surface area (Å²) in [5.74, 6) is 0.422. The van der Waals surface area contributed by atoms with Crippen molar-refractivity contribution in [2.24, 2.45) is 0 Å². The van der Waals surface area contributed by atoms with E-state index >= 15 is 0 Å². The maximum absolute atomic E-state index is 12.3. The number of morpholine rings is 1. The lowest BCUT2D eigenvalue weighted by Crippen LogP contribution is -2.60. The highest BCUT2D eigenvalue weighted by Gasteiger charge is 2.38. The Morgan fingerprint density at radius 3 is 2.77 bits per heavy atom. The first-order valence-corrected chi connectivity index (χ1v) is 9.44. The zero-order chi connectivity index (χ0) is 18.2. The van der Waals surface area contributed by atoms with Crippen molar-refractivity contribution in [2.45, 2.75) is 37.6 Å². The molecule has 26 heavy (non-hydrogen) atoms. The molecule has 0 aromatic heterocycles. The van der Waals surface area contributed by atoms with Gasteiger partial charge in [-0.25, -0.2) is 0 Å². The number of hydrogen-bond donors (Lipinski definition) is 1. The van der Waals surface area contributed by atoms with Gasteiger partial charge in [0.15, 0.2) is 6.61 Å². The third-order valence-electron chi connectivity index (χ3n) is 5.41. The fraction of sp³-hybridized carbons (Fsp3) is 0.600. The lowest BCUT2D eigenvalue weighted by molar-refractivity contribution is -0.124. The van der Waals surface area contributed by atoms with E-state index in [0.717, 1.165) is 39.1 Å². The third-order valence-corrected chi connectivity index (χ3v) is 5.41. The molecule has 0 atom stereocenters. The lowest BCUT2D eigenvalue weighted by Gasteiger charge is -2.48. The number of nitriles is 1. The molecule has 140 valence electrons. The van der Waals surface area contributed by atoms with E-state index in [4.69, 9.17) is 14.7 Å². The molecule has 0 bridgehead atoms. The summed E-state index contributed by atoms with van der Waals surface area (Å²) < 4.78 is 11.0. The molecule has 1 saturated carbocycles. The second-order valence-corrected chi connectivity index (χ2v) is 7.09. The van der Waals surface area contributed by atoms with Crippen LogP contribution in [0.2, 0.25) is 0 Å². The van der Waals surface area contributed by atoms with Gasteiger partial charge in [-0.3, -0.25) is 9.69 Å². The highest BCUT2D eigenvalue weighted by Crippen LogP contribution is 2.33. The first-order valence-electron chi connectivity index (χ1n) is 9.44. The van der Waals surface area contributed by atoms with Gasteiger partial charge in [0.25, 0.3) is 5.91 Å². The van der Waals surface area contributed by atoms with Gasteiger partial charge in [-0.2, -0.15) is 5.26 Å². The van der Waals surface area contributed by atoms with Crippen LogP contribution in [0.5, 0.6) is 5.75 Å². The molecule has 0 radical (unpaired) electrons. The number of carbonyl (C=O) groups excluding carboxylic acids is 1. The van der Waals surface area contributed by atoms with Crippen LogP contribution in [0.15, 0.2) is 24.3 Å². The number of amides is 1. The molecule has 3 rings (SSSR count). The maximum atomic E-state index is 12.3. The Labute approximate surface area is 155 Å². The van der Waals surface area contributed by atoms with Gasteiger partial charge in [-0.05, 0) is 31.0 Å². The summed E-state index contributed by atoms with van der Waals surface area (Å²) in [5, 5.41) is 12.0. The van der Waals surface area contributed by atoms with Gasteiger partial charge in [-0.15, -0.1) is 0 Å². The van der Waals surface area contributed by atoms with Crippen LogP contribution in [0.1, 0.15) is 37.7 Å². The number of nitrogens with one attached hydrogen (secondary N) is 1. The van der Waals surface area contributed by atoms with Crippen LogP contribution >= 0.6 is 0 Å². The number of benzene rings is 1. The van der Waals surface area contributed by atoms with Crippen molar-refractivity contribution in [1.29, 1.82) is 5.26 Å². The Balaban J connectivity index is 1.53. The highest BCUT2D eigenvalue weighted by atomic mass is 16.5. The van der Waals surface area contributed by atoms with E-state index in [1.54, 1.807) is 24.3 Å². The molecule has 1 N–H and O–H groups in total. The van der Waals surface area contributed by atoms with E-state index in [9.17, 15) is 4.79 Å². The van der Waals surface area contributed by atoms with Gasteiger partial charge >= 0.3 is 0 Å². The summed E-state index contributed by atoms with van der Waals surface area (Å²) in [6, 6.07) is 8.93. The summed E-state index contributed by atoms with van der Waals surface area (Å²) in [5.41, 5.74) is 0.578. The van der Waals surface area contributed by atoms with E-state index in [1.807, 2.05) is 0 Å². The molecule has 1 amide bonds. The molecule has 6 nitrogen and oxygen atoms in total. The zero-order valence-electron chi connectivity index (χ0n) is 15.2. The molecule has 2 fully saturated rings. The van der Waals surface area contributed by atoms with E-state index < -0.39 is 0 Å². The van der Waals surface area contributed by atoms with Gasteiger partial charge in [0.2, 0.25) is 0 Å². The summed E-state index contributed by atoms with van der Waals surface area (Å²) in [6.45, 7) is 4.05. The number of carbonyl (C=O) groups is 1. The lowest BCUT2D eigenvalue weighted by atomic mass is 9.79. The average molecular weight is 357 g/mol. The quantitative estimate of drug-likeness (QED) is 0.844. The van der Waals surface area contributed by atoms with Gasteiger partial charge in [0.1, 0.15) is 5.75 Å². The minimum atomic E-state index is -0.120. The second-order valence-electron chi connectivity index (χ2n) is 7.09. The van der Waals surface area contributed by atoms with Gasteiger partial charge in [0.05, 0.1) is 24.8 Å². The Hall–Kier alpha value is -2.10. The van der Waals surface area contributed by atoms with Gasteiger partial charge in [0, 0.05) is 25.2 Å². The maximum Gasteiger partial charge on any atom is 0.258 e. The Kier molecular flexibility index (Phi) is 6.48. The predicted molar refractivity (Wildman–Crippen MR) is 97.9 cm³/mol. The Morgan fingerprint density at radius 2 is 2.04 bits per heavy atom. The molecule has 0 spiro atoms. The van der Waals surface area contributed by atoms with E-state index in [-0.39, 0.29) is 18.1 Å². The summed E-state index contributed by atoms with van der Waals surface area (Å²) >= 11 is 0. The molecule has 1 aliphatic carbocycles. The smallest absolute Gasteiger partial charge is 0.258 e. The number of rotatable bonds is 6. The Bertz CT molecular complexity index is 644. The molecule has 6 heteroatoms. The first kappa shape index (κ1) is 18.7. The van der Waals surface area contributed by atoms with Crippen LogP contribution < -0.4 is 10.1 Å². The van der Waals surface area contributed by atoms with Crippen LogP contribution in [0.25, 0.3) is 0 Å². The van der Waals surface area contributed by atoms with Crippen molar-refractivity contribution in [3.05, 3.63) is 29.8 Å². The number of hydrogen-bond acceptors (Lipinski definition) is 5. The molecule has 1 heterocycles. The van der Waals surface area contributed by atoms with E-state index in [0.29, 0.717) is 17.9 Å². The van der Waals surface area contributed by atoms with Crippen LogP contribution in [0.3, 0.4) is 0 Å². The molecule has 1 saturated heterocycles. The minimum absolute atomic E-state index is 0.0337. The van der Waals surface area contributed by atoms with Crippen molar-refractivity contribution >= 4 is 5.91 Å². The van der Waals surface area contributed by atoms with Crippen LogP contribution in [-0.2, 0) is 9.53 Å². The minimum Gasteiger partial charge on any atom is -0.484 e. The number of nitrogens with zero attached hydrogens (tertiary/aromatic N) is 2. The van der Waals surface area contributed by atoms with Crippen molar-refractivity contribution in [2.75, 3.05) is 39.5 Å².